The van der Waals surface area contributed by atoms with E-state index in [-0.39, 0.29) is 19.1 Å². The molecule has 280 valence electrons. The summed E-state index contributed by atoms with van der Waals surface area (Å²) >= 11 is 0. The van der Waals surface area contributed by atoms with Crippen molar-refractivity contribution in [3.8, 4) is 0 Å². The summed E-state index contributed by atoms with van der Waals surface area (Å²) < 4.78 is 23.4. The van der Waals surface area contributed by atoms with Crippen molar-refractivity contribution in [2.24, 2.45) is 0 Å². The van der Waals surface area contributed by atoms with Crippen molar-refractivity contribution in [1.82, 2.24) is 5.32 Å². The third-order valence-corrected chi connectivity index (χ3v) is 8.32. The maximum Gasteiger partial charge on any atom is 0.472 e. The van der Waals surface area contributed by atoms with E-state index in [0.717, 1.165) is 89.9 Å². The molecule has 0 spiro atoms. The number of nitrogens with one attached hydrogen (secondary N) is 1. The number of carbonyl (C=O) groups excluding carboxylic acids is 1. The Morgan fingerprint density at radius 3 is 1.78 bits per heavy atom. The number of nitrogens with zero attached hydrogens (tertiary/aromatic N) is 1. The Balaban J connectivity index is 4.62. The van der Waals surface area contributed by atoms with Gasteiger partial charge in [0.15, 0.2) is 0 Å². The van der Waals surface area contributed by atoms with Crippen molar-refractivity contribution in [2.45, 2.75) is 122 Å². The van der Waals surface area contributed by atoms with Crippen LogP contribution >= 0.6 is 7.82 Å². The normalized spacial score (nSPS) is 15.7. The number of likely N-dealkylation sites (N-methyl/N-ethyl adjacent to an activating group) is 1. The van der Waals surface area contributed by atoms with E-state index in [4.69, 9.17) is 9.05 Å². The molecule has 8 nitrogen and oxygen atoms in total. The van der Waals surface area contributed by atoms with E-state index in [1.165, 1.54) is 0 Å². The van der Waals surface area contributed by atoms with Gasteiger partial charge in [0, 0.05) is 6.42 Å². The lowest BCUT2D eigenvalue weighted by Gasteiger charge is -2.25. The molecular weight excluding hydrogens is 635 g/mol. The van der Waals surface area contributed by atoms with E-state index in [0.29, 0.717) is 17.4 Å². The molecule has 0 radical (unpaired) electrons. The Kier molecular flexibility index (Phi) is 30.1. The molecule has 3 N–H and O–H groups in total. The topological polar surface area (TPSA) is 105 Å². The first-order chi connectivity index (χ1) is 23.5. The van der Waals surface area contributed by atoms with E-state index in [1.54, 1.807) is 6.08 Å². The molecule has 0 aromatic heterocycles. The van der Waals surface area contributed by atoms with Crippen molar-refractivity contribution >= 4 is 13.7 Å². The molecule has 9 heteroatoms. The van der Waals surface area contributed by atoms with Crippen LogP contribution < -0.4 is 5.32 Å². The van der Waals surface area contributed by atoms with Gasteiger partial charge in [0.25, 0.3) is 0 Å². The van der Waals surface area contributed by atoms with Gasteiger partial charge in [0.2, 0.25) is 5.91 Å². The molecule has 0 aliphatic rings. The van der Waals surface area contributed by atoms with Gasteiger partial charge in [0.05, 0.1) is 39.9 Å². The Labute approximate surface area is 299 Å². The van der Waals surface area contributed by atoms with E-state index in [9.17, 15) is 19.4 Å². The number of aliphatic hydroxyl groups excluding tert-OH is 1. The van der Waals surface area contributed by atoms with Gasteiger partial charge in [-0.2, -0.15) is 0 Å². The monoisotopic (exact) mass is 705 g/mol. The smallest absolute Gasteiger partial charge is 0.387 e. The van der Waals surface area contributed by atoms with E-state index in [2.05, 4.69) is 92.1 Å². The molecule has 0 saturated heterocycles. The summed E-state index contributed by atoms with van der Waals surface area (Å²) in [6.07, 6.45) is 42.3. The summed E-state index contributed by atoms with van der Waals surface area (Å²) in [7, 11) is 1.50. The molecule has 49 heavy (non-hydrogen) atoms. The molecule has 0 rings (SSSR count). The Morgan fingerprint density at radius 1 is 0.694 bits per heavy atom. The van der Waals surface area contributed by atoms with Crippen LogP contribution in [0.25, 0.3) is 0 Å². The second kappa shape index (κ2) is 31.6. The van der Waals surface area contributed by atoms with Crippen molar-refractivity contribution in [3.05, 3.63) is 85.1 Å². The van der Waals surface area contributed by atoms with E-state index in [1.807, 2.05) is 27.2 Å². The van der Waals surface area contributed by atoms with Crippen LogP contribution in [0.4, 0.5) is 0 Å². The molecule has 0 heterocycles. The zero-order chi connectivity index (χ0) is 36.5. The van der Waals surface area contributed by atoms with Crippen molar-refractivity contribution in [1.29, 1.82) is 0 Å². The lowest BCUT2D eigenvalue weighted by molar-refractivity contribution is -0.870. The summed E-state index contributed by atoms with van der Waals surface area (Å²) in [5.41, 5.74) is 0. The molecule has 0 aromatic carbocycles. The van der Waals surface area contributed by atoms with Gasteiger partial charge < -0.3 is 19.8 Å². The van der Waals surface area contributed by atoms with Crippen LogP contribution in [0, 0.1) is 0 Å². The van der Waals surface area contributed by atoms with Gasteiger partial charge in [-0.15, -0.1) is 0 Å². The molecule has 0 bridgehead atoms. The van der Waals surface area contributed by atoms with Crippen LogP contribution in [0.15, 0.2) is 85.1 Å². The van der Waals surface area contributed by atoms with Crippen LogP contribution in [0.3, 0.4) is 0 Å². The first-order valence-corrected chi connectivity index (χ1v) is 20.0. The summed E-state index contributed by atoms with van der Waals surface area (Å²) in [5, 5.41) is 13.7. The predicted molar refractivity (Wildman–Crippen MR) is 207 cm³/mol. The minimum absolute atomic E-state index is 0.0431. The highest BCUT2D eigenvalue weighted by Gasteiger charge is 2.27. The highest BCUT2D eigenvalue weighted by atomic mass is 31.2. The molecule has 0 aromatic rings. The fraction of sp³-hybridized carbons (Fsp3) is 0.625. The summed E-state index contributed by atoms with van der Waals surface area (Å²) in [4.78, 5) is 22.9. The number of quaternary nitrogens is 1. The number of phosphoric ester groups is 1. The molecule has 0 aliphatic carbocycles. The average Bonchev–Trinajstić information content (AvgIpc) is 3.04. The third kappa shape index (κ3) is 33.9. The van der Waals surface area contributed by atoms with Crippen LogP contribution in [0.1, 0.15) is 110 Å². The van der Waals surface area contributed by atoms with Crippen molar-refractivity contribution in [3.63, 3.8) is 0 Å². The third-order valence-electron chi connectivity index (χ3n) is 7.34. The minimum atomic E-state index is -4.35. The lowest BCUT2D eigenvalue weighted by atomic mass is 10.1. The number of aliphatic hydroxyl groups is 1. The summed E-state index contributed by atoms with van der Waals surface area (Å²) in [6.45, 7) is 4.48. The van der Waals surface area contributed by atoms with Gasteiger partial charge in [-0.25, -0.2) is 4.57 Å². The minimum Gasteiger partial charge on any atom is -0.387 e. The van der Waals surface area contributed by atoms with Gasteiger partial charge in [-0.05, 0) is 77.0 Å². The van der Waals surface area contributed by atoms with Crippen LogP contribution in [-0.2, 0) is 18.4 Å². The van der Waals surface area contributed by atoms with Crippen LogP contribution in [-0.4, -0.2) is 73.4 Å². The first-order valence-electron chi connectivity index (χ1n) is 18.5. The zero-order valence-electron chi connectivity index (χ0n) is 31.4. The largest absolute Gasteiger partial charge is 0.472 e. The molecule has 0 fully saturated rings. The number of amides is 1. The van der Waals surface area contributed by atoms with Crippen LogP contribution in [0.2, 0.25) is 0 Å². The zero-order valence-corrected chi connectivity index (χ0v) is 32.3. The first kappa shape index (κ1) is 46.7. The van der Waals surface area contributed by atoms with E-state index >= 15 is 0 Å². The SMILES string of the molecule is CC/C=C\C/C=C\C/C=C\C/C=C\CCCCCCC(=O)NC(COP(=O)(O)OCC[N+](C)(C)C)C(O)/C=C/CC/C=C/CC/C=C/CC. The molecule has 3 unspecified atom stereocenters. The van der Waals surface area contributed by atoms with Gasteiger partial charge in [-0.3, -0.25) is 13.8 Å². The second-order valence-electron chi connectivity index (χ2n) is 13.2. The maximum atomic E-state index is 12.8. The standard InChI is InChI=1S/C40H69N2O6P/c1-6-8-10-12-14-16-18-19-20-21-22-23-24-26-28-30-32-34-40(44)41-38(37-48-49(45,46)47-36-35-42(3,4)5)39(43)33-31-29-27-25-17-15-13-11-9-7-2/h8-11,14,16-17,19-20,22-23,25,31,33,38-39,43H,6-7,12-13,15,18,21,24,26-30,32,34-37H2,1-5H3,(H-,41,44,45,46)/p+1/b10-8-,11-9+,16-14-,20-19-,23-22-,25-17+,33-31+. The fourth-order valence-electron chi connectivity index (χ4n) is 4.42. The Bertz CT molecular complexity index is 1070. The molecule has 3 atom stereocenters. The van der Waals surface area contributed by atoms with Gasteiger partial charge >= 0.3 is 7.82 Å². The summed E-state index contributed by atoms with van der Waals surface area (Å²) in [6, 6.07) is -0.884. The quantitative estimate of drug-likeness (QED) is 0.0287. The highest BCUT2D eigenvalue weighted by Crippen LogP contribution is 2.43. The maximum absolute atomic E-state index is 12.8. The number of rotatable bonds is 31. The number of allylic oxidation sites excluding steroid dienone is 13. The molecule has 1 amide bonds. The Hall–Kier alpha value is -2.32. The predicted octanol–water partition coefficient (Wildman–Crippen LogP) is 9.46. The Morgan fingerprint density at radius 2 is 1.18 bits per heavy atom. The number of carbonyl (C=O) groups is 1. The molecule has 0 aliphatic heterocycles. The number of phosphoric acid groups is 1. The highest BCUT2D eigenvalue weighted by molar-refractivity contribution is 7.47. The summed E-state index contributed by atoms with van der Waals surface area (Å²) in [5.74, 6) is -0.223. The fourth-order valence-corrected chi connectivity index (χ4v) is 5.16. The average molecular weight is 706 g/mol. The number of hydrogen-bond donors (Lipinski definition) is 3. The second-order valence-corrected chi connectivity index (χ2v) is 14.6. The van der Waals surface area contributed by atoms with Gasteiger partial charge in [0.1, 0.15) is 13.2 Å². The molecular formula is C40H70N2O6P+. The number of unbranched alkanes of at least 4 members (excludes halogenated alkanes) is 6. The van der Waals surface area contributed by atoms with E-state index < -0.39 is 20.0 Å². The number of hydrogen-bond acceptors (Lipinski definition) is 5. The van der Waals surface area contributed by atoms with Crippen molar-refractivity contribution in [2.75, 3.05) is 40.9 Å². The molecule has 0 saturated carbocycles. The van der Waals surface area contributed by atoms with Gasteiger partial charge in [-0.1, -0.05) is 112 Å². The lowest BCUT2D eigenvalue weighted by Crippen LogP contribution is -2.45. The van der Waals surface area contributed by atoms with Crippen molar-refractivity contribution < 1.29 is 32.9 Å². The van der Waals surface area contributed by atoms with Crippen LogP contribution in [0.5, 0.6) is 0 Å².